The minimum Gasteiger partial charge on any atom is -0.460 e. The Kier molecular flexibility index (Phi) is 22.2. The van der Waals surface area contributed by atoms with Crippen molar-refractivity contribution in [2.24, 2.45) is 0 Å². The number of anilines is 1. The Morgan fingerprint density at radius 1 is 0.800 bits per heavy atom. The number of carbonyl (C=O) groups is 5. The quantitative estimate of drug-likeness (QED) is 0.123. The van der Waals surface area contributed by atoms with E-state index in [1.165, 1.54) is 13.3 Å². The van der Waals surface area contributed by atoms with E-state index in [9.17, 15) is 24.0 Å². The van der Waals surface area contributed by atoms with Crippen LogP contribution in [0.4, 0.5) is 10.6 Å². The van der Waals surface area contributed by atoms with Gasteiger partial charge in [0.25, 0.3) is 0 Å². The van der Waals surface area contributed by atoms with Crippen LogP contribution in [0.2, 0.25) is 0 Å². The topological polar surface area (TPSA) is 157 Å². The third-order valence-corrected chi connectivity index (χ3v) is 6.50. The van der Waals surface area contributed by atoms with Gasteiger partial charge < -0.3 is 24.4 Å². The third-order valence-electron chi connectivity index (χ3n) is 5.75. The zero-order valence-corrected chi connectivity index (χ0v) is 35.0. The summed E-state index contributed by atoms with van der Waals surface area (Å²) in [6.45, 7) is 30.2. The van der Waals surface area contributed by atoms with Gasteiger partial charge in [-0.3, -0.25) is 24.1 Å². The molecular weight excluding hydrogens is 710 g/mol. The van der Waals surface area contributed by atoms with E-state index in [1.54, 1.807) is 65.2 Å². The summed E-state index contributed by atoms with van der Waals surface area (Å²) in [5.74, 6) is -1.45. The number of esters is 2. The van der Waals surface area contributed by atoms with Crippen molar-refractivity contribution >= 4 is 51.3 Å². The monoisotopic (exact) mass is 773 g/mol. The van der Waals surface area contributed by atoms with Crippen molar-refractivity contribution in [3.63, 3.8) is 0 Å². The Hall–Kier alpha value is -3.13. The lowest BCUT2D eigenvalue weighted by Crippen LogP contribution is -2.57. The Labute approximate surface area is 309 Å². The average molecular weight is 775 g/mol. The van der Waals surface area contributed by atoms with Crippen LogP contribution < -0.4 is 5.32 Å². The largest absolute Gasteiger partial charge is 0.460 e. The van der Waals surface area contributed by atoms with Crippen LogP contribution in [0, 0.1) is 6.92 Å². The molecule has 50 heavy (non-hydrogen) atoms. The number of ether oxygens (including phenoxy) is 3. The number of aryl methyl sites for hydroxylation is 1. The molecule has 1 unspecified atom stereocenters. The molecule has 1 aliphatic rings. The number of aromatic nitrogens is 2. The standard InChI is InChI=1S/C25H38BrN5O6.C6H12O2.C3H8.C2H6/c1-9-16(32)19(30-10-12-31(13-11-30)23(35)37-25(6,7)8)20(34)18-22(28-15(2)21(26)29-18)27-14-17(33)36-24(3,4)5;1-5(7)8-6(2,3)4;1-3-2;1-2/h19H,9-14H2,1-8H3,(H,27,28);1-4H3;3H2,1-2H3;1-2H3. The summed E-state index contributed by atoms with van der Waals surface area (Å²) >= 11 is 3.31. The van der Waals surface area contributed by atoms with Crippen LogP contribution in [0.1, 0.15) is 133 Å². The number of Topliss-reactive ketones (excluding diaryl/α,β-unsaturated/α-hetero) is 2. The molecule has 288 valence electrons. The predicted octanol–water partition coefficient (Wildman–Crippen LogP) is 7.17. The zero-order valence-electron chi connectivity index (χ0n) is 33.5. The minimum atomic E-state index is -1.10. The SMILES string of the molecule is CC.CC(=O)OC(C)(C)C.CCC.CCC(=O)C(C(=O)c1nc(Br)c(C)nc1NCC(=O)OC(C)(C)C)N1CCN(C(=O)OC(C)(C)C)CC1. The van der Waals surface area contributed by atoms with Gasteiger partial charge in [-0.2, -0.15) is 0 Å². The summed E-state index contributed by atoms with van der Waals surface area (Å²) in [7, 11) is 0. The third kappa shape index (κ3) is 20.5. The fourth-order valence-electron chi connectivity index (χ4n) is 4.09. The van der Waals surface area contributed by atoms with E-state index in [0.29, 0.717) is 36.5 Å². The first-order chi connectivity index (χ1) is 22.8. The summed E-state index contributed by atoms with van der Waals surface area (Å²) < 4.78 is 15.9. The molecule has 0 aliphatic carbocycles. The Bertz CT molecular complexity index is 1240. The summed E-state index contributed by atoms with van der Waals surface area (Å²) in [6, 6.07) is -1.10. The van der Waals surface area contributed by atoms with Gasteiger partial charge in [0, 0.05) is 39.5 Å². The smallest absolute Gasteiger partial charge is 0.410 e. The van der Waals surface area contributed by atoms with E-state index in [2.05, 4.69) is 45.1 Å². The van der Waals surface area contributed by atoms with Gasteiger partial charge >= 0.3 is 18.0 Å². The van der Waals surface area contributed by atoms with Crippen molar-refractivity contribution in [3.8, 4) is 0 Å². The molecule has 0 radical (unpaired) electrons. The van der Waals surface area contributed by atoms with Crippen LogP contribution in [0.25, 0.3) is 0 Å². The first kappa shape index (κ1) is 49.0. The zero-order chi connectivity index (χ0) is 39.6. The molecule has 13 nitrogen and oxygen atoms in total. The molecule has 1 aliphatic heterocycles. The fourth-order valence-corrected chi connectivity index (χ4v) is 4.35. The highest BCUT2D eigenvalue weighted by Crippen LogP contribution is 2.23. The van der Waals surface area contributed by atoms with Gasteiger partial charge in [0.15, 0.2) is 17.3 Å². The van der Waals surface area contributed by atoms with E-state index < -0.39 is 35.1 Å². The molecule has 0 saturated carbocycles. The highest BCUT2D eigenvalue weighted by molar-refractivity contribution is 9.10. The molecule has 14 heteroatoms. The molecule has 1 amide bonds. The number of piperazine rings is 1. The van der Waals surface area contributed by atoms with Gasteiger partial charge in [-0.15, -0.1) is 0 Å². The number of amides is 1. The molecule has 1 fully saturated rings. The predicted molar refractivity (Wildman–Crippen MR) is 200 cm³/mol. The van der Waals surface area contributed by atoms with Crippen LogP contribution in [0.5, 0.6) is 0 Å². The van der Waals surface area contributed by atoms with Gasteiger partial charge in [-0.1, -0.05) is 41.0 Å². The number of halogens is 1. The van der Waals surface area contributed by atoms with E-state index in [4.69, 9.17) is 14.2 Å². The van der Waals surface area contributed by atoms with Crippen molar-refractivity contribution < 1.29 is 38.2 Å². The first-order valence-corrected chi connectivity index (χ1v) is 18.1. The minimum absolute atomic E-state index is 0.0533. The van der Waals surface area contributed by atoms with E-state index in [0.717, 1.165) is 0 Å². The molecule has 1 atom stereocenters. The molecule has 1 aromatic heterocycles. The van der Waals surface area contributed by atoms with Crippen LogP contribution >= 0.6 is 15.9 Å². The number of carbonyl (C=O) groups excluding carboxylic acids is 5. The van der Waals surface area contributed by atoms with Crippen molar-refractivity contribution in [2.75, 3.05) is 38.0 Å². The Balaban J connectivity index is 0. The lowest BCUT2D eigenvalue weighted by atomic mass is 10.00. The highest BCUT2D eigenvalue weighted by Gasteiger charge is 2.38. The molecule has 1 aromatic rings. The number of hydrogen-bond acceptors (Lipinski definition) is 12. The normalized spacial score (nSPS) is 13.8. The van der Waals surface area contributed by atoms with Crippen LogP contribution in [0.3, 0.4) is 0 Å². The second-order valence-electron chi connectivity index (χ2n) is 14.2. The fraction of sp³-hybridized carbons (Fsp3) is 0.750. The van der Waals surface area contributed by atoms with Crippen molar-refractivity contribution in [1.82, 2.24) is 19.8 Å². The van der Waals surface area contributed by atoms with E-state index in [-0.39, 0.29) is 41.8 Å². The highest BCUT2D eigenvalue weighted by atomic mass is 79.9. The lowest BCUT2D eigenvalue weighted by molar-refractivity contribution is -0.153. The Morgan fingerprint density at radius 3 is 1.64 bits per heavy atom. The summed E-state index contributed by atoms with van der Waals surface area (Å²) in [5, 5.41) is 2.85. The number of rotatable bonds is 8. The lowest BCUT2D eigenvalue weighted by Gasteiger charge is -2.38. The maximum absolute atomic E-state index is 13.8. The maximum Gasteiger partial charge on any atom is 0.410 e. The molecule has 1 saturated heterocycles. The summed E-state index contributed by atoms with van der Waals surface area (Å²) in [4.78, 5) is 73.8. The molecular formula is C36H64BrN5O8. The van der Waals surface area contributed by atoms with Gasteiger partial charge in [0.1, 0.15) is 34.0 Å². The molecule has 1 N–H and O–H groups in total. The summed E-state index contributed by atoms with van der Waals surface area (Å²) in [6.07, 6.45) is 0.961. The average Bonchev–Trinajstić information content (AvgIpc) is 2.96. The van der Waals surface area contributed by atoms with Crippen molar-refractivity contribution in [3.05, 3.63) is 16.0 Å². The molecule has 2 rings (SSSR count). The van der Waals surface area contributed by atoms with Crippen LogP contribution in [-0.4, -0.2) is 105 Å². The first-order valence-electron chi connectivity index (χ1n) is 17.3. The van der Waals surface area contributed by atoms with Gasteiger partial charge in [0.05, 0.1) is 5.69 Å². The second-order valence-corrected chi connectivity index (χ2v) is 15.0. The van der Waals surface area contributed by atoms with Crippen molar-refractivity contribution in [2.45, 2.75) is 146 Å². The van der Waals surface area contributed by atoms with Gasteiger partial charge in [-0.05, 0) is 85.2 Å². The van der Waals surface area contributed by atoms with Crippen LogP contribution in [0.15, 0.2) is 4.60 Å². The molecule has 0 spiro atoms. The number of hydrogen-bond donors (Lipinski definition) is 1. The van der Waals surface area contributed by atoms with Crippen molar-refractivity contribution in [1.29, 1.82) is 0 Å². The number of nitrogens with one attached hydrogen (secondary N) is 1. The number of ketones is 2. The molecule has 0 aromatic carbocycles. The van der Waals surface area contributed by atoms with Gasteiger partial charge in [0.2, 0.25) is 5.78 Å². The van der Waals surface area contributed by atoms with E-state index >= 15 is 0 Å². The Morgan fingerprint density at radius 2 is 1.26 bits per heavy atom. The number of nitrogens with zero attached hydrogens (tertiary/aromatic N) is 4. The van der Waals surface area contributed by atoms with Gasteiger partial charge in [-0.25, -0.2) is 14.8 Å². The summed E-state index contributed by atoms with van der Waals surface area (Å²) in [5.41, 5.74) is -1.16. The molecule has 2 heterocycles. The second kappa shape index (κ2) is 22.6. The molecule has 0 bridgehead atoms. The maximum atomic E-state index is 13.8. The van der Waals surface area contributed by atoms with E-state index in [1.807, 2.05) is 34.6 Å². The van der Waals surface area contributed by atoms with Crippen LogP contribution in [-0.2, 0) is 28.6 Å².